The molecule has 2 N–H and O–H groups in total. The Labute approximate surface area is 148 Å². The lowest BCUT2D eigenvalue weighted by Gasteiger charge is -2.22. The predicted molar refractivity (Wildman–Crippen MR) is 99.5 cm³/mol. The second-order valence-corrected chi connectivity index (χ2v) is 6.41. The van der Waals surface area contributed by atoms with Gasteiger partial charge in [-0.05, 0) is 38.3 Å². The van der Waals surface area contributed by atoms with Gasteiger partial charge in [0.25, 0.3) is 0 Å². The van der Waals surface area contributed by atoms with Gasteiger partial charge in [-0.15, -0.1) is 0 Å². The second-order valence-electron chi connectivity index (χ2n) is 5.98. The molecular weight excluding hydrogens is 324 g/mol. The fourth-order valence-electron chi connectivity index (χ4n) is 2.59. The van der Waals surface area contributed by atoms with E-state index in [2.05, 4.69) is 34.3 Å². The number of H-pyrrole nitrogens is 1. The van der Waals surface area contributed by atoms with Crippen molar-refractivity contribution < 1.29 is 0 Å². The van der Waals surface area contributed by atoms with E-state index < -0.39 is 0 Å². The molecule has 2 rings (SSSR count). The van der Waals surface area contributed by atoms with Crippen LogP contribution in [0.25, 0.3) is 0 Å². The van der Waals surface area contributed by atoms with Gasteiger partial charge in [0.1, 0.15) is 0 Å². The maximum atomic E-state index is 6.06. The van der Waals surface area contributed by atoms with Crippen molar-refractivity contribution >= 4 is 17.6 Å². The van der Waals surface area contributed by atoms with Crippen LogP contribution in [0.4, 0.5) is 0 Å². The number of hydrogen-bond acceptors (Lipinski definition) is 2. The van der Waals surface area contributed by atoms with Crippen LogP contribution < -0.4 is 5.32 Å². The first-order chi connectivity index (χ1) is 11.5. The minimum absolute atomic E-state index is 0.760. The van der Waals surface area contributed by atoms with E-state index in [1.807, 2.05) is 37.1 Å². The van der Waals surface area contributed by atoms with E-state index in [4.69, 9.17) is 16.6 Å². The number of rotatable bonds is 7. The van der Waals surface area contributed by atoms with Gasteiger partial charge in [0.2, 0.25) is 0 Å². The highest BCUT2D eigenvalue weighted by Crippen LogP contribution is 2.14. The SMILES string of the molecule is CCNC(=NCCCc1cn[nH]c1C)N(C)Cc1cc(Cl)cn1C. The van der Waals surface area contributed by atoms with E-state index in [1.165, 1.54) is 5.56 Å². The number of guanidine groups is 1. The number of nitrogens with zero attached hydrogens (tertiary/aromatic N) is 4. The number of aliphatic imine (C=N–C) groups is 1. The maximum Gasteiger partial charge on any atom is 0.194 e. The molecule has 132 valence electrons. The van der Waals surface area contributed by atoms with E-state index in [1.54, 1.807) is 0 Å². The van der Waals surface area contributed by atoms with Gasteiger partial charge < -0.3 is 14.8 Å². The number of nitrogens with one attached hydrogen (secondary N) is 2. The van der Waals surface area contributed by atoms with Crippen LogP contribution in [0, 0.1) is 6.92 Å². The van der Waals surface area contributed by atoms with Crippen LogP contribution in [0.3, 0.4) is 0 Å². The zero-order valence-corrected chi connectivity index (χ0v) is 15.7. The molecule has 0 bridgehead atoms. The monoisotopic (exact) mass is 350 g/mol. The summed E-state index contributed by atoms with van der Waals surface area (Å²) < 4.78 is 2.05. The van der Waals surface area contributed by atoms with E-state index in [9.17, 15) is 0 Å². The van der Waals surface area contributed by atoms with Gasteiger partial charge in [-0.3, -0.25) is 10.1 Å². The van der Waals surface area contributed by atoms with Crippen molar-refractivity contribution in [3.8, 4) is 0 Å². The number of aromatic amines is 1. The Balaban J connectivity index is 1.91. The summed E-state index contributed by atoms with van der Waals surface area (Å²) in [6, 6.07) is 1.99. The Morgan fingerprint density at radius 2 is 2.29 bits per heavy atom. The topological polar surface area (TPSA) is 61.2 Å². The molecule has 0 unspecified atom stereocenters. The van der Waals surface area contributed by atoms with Crippen LogP contribution in [0.15, 0.2) is 23.5 Å². The molecule has 0 radical (unpaired) electrons. The number of hydrogen-bond donors (Lipinski definition) is 2. The van der Waals surface area contributed by atoms with E-state index in [0.29, 0.717) is 0 Å². The van der Waals surface area contributed by atoms with Crippen LogP contribution in [0.5, 0.6) is 0 Å². The summed E-state index contributed by atoms with van der Waals surface area (Å²) in [6.07, 6.45) is 5.80. The van der Waals surface area contributed by atoms with Crippen LogP contribution in [0.2, 0.25) is 5.02 Å². The Morgan fingerprint density at radius 1 is 1.50 bits per heavy atom. The molecule has 0 aliphatic rings. The number of halogens is 1. The molecule has 0 saturated heterocycles. The average Bonchev–Trinajstić information content (AvgIpc) is 3.07. The third-order valence-electron chi connectivity index (χ3n) is 3.97. The normalized spacial score (nSPS) is 11.8. The molecule has 2 heterocycles. The standard InChI is InChI=1S/C17H27ClN6/c1-5-19-17(20-8-6-7-14-10-21-22-13(14)2)24(4)12-16-9-15(18)11-23(16)3/h9-11H,5-8,12H2,1-4H3,(H,19,20)(H,21,22). The molecule has 0 aromatic carbocycles. The van der Waals surface area contributed by atoms with Crippen molar-refractivity contribution in [2.24, 2.45) is 12.0 Å². The summed E-state index contributed by atoms with van der Waals surface area (Å²) in [5.41, 5.74) is 3.56. The summed E-state index contributed by atoms with van der Waals surface area (Å²) in [7, 11) is 4.05. The lowest BCUT2D eigenvalue weighted by Crippen LogP contribution is -2.38. The highest BCUT2D eigenvalue weighted by atomic mass is 35.5. The van der Waals surface area contributed by atoms with Crippen molar-refractivity contribution in [1.29, 1.82) is 0 Å². The fourth-order valence-corrected chi connectivity index (χ4v) is 2.87. The molecule has 0 amide bonds. The zero-order valence-electron chi connectivity index (χ0n) is 14.9. The summed E-state index contributed by atoms with van der Waals surface area (Å²) in [4.78, 5) is 6.86. The first-order valence-corrected chi connectivity index (χ1v) is 8.68. The summed E-state index contributed by atoms with van der Waals surface area (Å²) in [5, 5.41) is 11.1. The average molecular weight is 351 g/mol. The Hall–Kier alpha value is -1.95. The van der Waals surface area contributed by atoms with Crippen LogP contribution in [-0.2, 0) is 20.0 Å². The Bertz CT molecular complexity index is 672. The molecule has 0 atom stereocenters. The molecule has 2 aromatic heterocycles. The van der Waals surface area contributed by atoms with Crippen molar-refractivity contribution in [1.82, 2.24) is 25.0 Å². The lowest BCUT2D eigenvalue weighted by molar-refractivity contribution is 0.461. The van der Waals surface area contributed by atoms with Gasteiger partial charge in [-0.25, -0.2) is 0 Å². The van der Waals surface area contributed by atoms with Crippen molar-refractivity contribution in [3.05, 3.63) is 40.4 Å². The maximum absolute atomic E-state index is 6.06. The quantitative estimate of drug-likeness (QED) is 0.458. The molecule has 0 spiro atoms. The minimum atomic E-state index is 0.760. The van der Waals surface area contributed by atoms with Crippen LogP contribution in [0.1, 0.15) is 30.3 Å². The lowest BCUT2D eigenvalue weighted by atomic mass is 10.1. The van der Waals surface area contributed by atoms with Gasteiger partial charge in [-0.1, -0.05) is 11.6 Å². The van der Waals surface area contributed by atoms with Gasteiger partial charge >= 0.3 is 0 Å². The first-order valence-electron chi connectivity index (χ1n) is 8.30. The smallest absolute Gasteiger partial charge is 0.194 e. The van der Waals surface area contributed by atoms with Gasteiger partial charge in [0.15, 0.2) is 5.96 Å². The van der Waals surface area contributed by atoms with Crippen LogP contribution >= 0.6 is 11.6 Å². The Morgan fingerprint density at radius 3 is 2.88 bits per heavy atom. The molecule has 7 heteroatoms. The number of aromatic nitrogens is 3. The molecule has 0 aliphatic carbocycles. The van der Waals surface area contributed by atoms with Gasteiger partial charge in [0, 0.05) is 44.8 Å². The molecule has 0 fully saturated rings. The van der Waals surface area contributed by atoms with E-state index in [-0.39, 0.29) is 0 Å². The zero-order chi connectivity index (χ0) is 17.5. The molecule has 2 aromatic rings. The molecule has 0 saturated carbocycles. The minimum Gasteiger partial charge on any atom is -0.357 e. The third kappa shape index (κ3) is 5.03. The van der Waals surface area contributed by atoms with E-state index >= 15 is 0 Å². The van der Waals surface area contributed by atoms with Crippen LogP contribution in [-0.4, -0.2) is 45.8 Å². The largest absolute Gasteiger partial charge is 0.357 e. The van der Waals surface area contributed by atoms with Gasteiger partial charge in [0.05, 0.1) is 17.8 Å². The Kier molecular flexibility index (Phi) is 6.73. The summed E-state index contributed by atoms with van der Waals surface area (Å²) in [5.74, 6) is 0.915. The van der Waals surface area contributed by atoms with Crippen molar-refractivity contribution in [2.45, 2.75) is 33.2 Å². The molecule has 6 nitrogen and oxygen atoms in total. The second kappa shape index (κ2) is 8.78. The van der Waals surface area contributed by atoms with Crippen molar-refractivity contribution in [2.75, 3.05) is 20.1 Å². The summed E-state index contributed by atoms with van der Waals surface area (Å²) in [6.45, 7) is 6.52. The highest BCUT2D eigenvalue weighted by Gasteiger charge is 2.09. The van der Waals surface area contributed by atoms with Gasteiger partial charge in [-0.2, -0.15) is 5.10 Å². The number of aryl methyl sites for hydroxylation is 3. The first kappa shape index (κ1) is 18.4. The molecular formula is C17H27ClN6. The van der Waals surface area contributed by atoms with Crippen molar-refractivity contribution in [3.63, 3.8) is 0 Å². The predicted octanol–water partition coefficient (Wildman–Crippen LogP) is 2.74. The third-order valence-corrected chi connectivity index (χ3v) is 4.18. The molecule has 24 heavy (non-hydrogen) atoms. The van der Waals surface area contributed by atoms with E-state index in [0.717, 1.165) is 54.8 Å². The summed E-state index contributed by atoms with van der Waals surface area (Å²) >= 11 is 6.06. The fraction of sp³-hybridized carbons (Fsp3) is 0.529. The molecule has 0 aliphatic heterocycles. The highest BCUT2D eigenvalue weighted by molar-refractivity contribution is 6.30.